The summed E-state index contributed by atoms with van der Waals surface area (Å²) in [7, 11) is -4.28. The molecule has 0 bridgehead atoms. The Hall–Kier alpha value is -4.01. The lowest BCUT2D eigenvalue weighted by Crippen LogP contribution is -2.19. The van der Waals surface area contributed by atoms with Crippen LogP contribution < -0.4 is 14.3 Å². The van der Waals surface area contributed by atoms with E-state index < -0.39 is 15.0 Å². The summed E-state index contributed by atoms with van der Waals surface area (Å²) in [4.78, 5) is 26.6. The Balaban J connectivity index is 1.38. The second-order valence-corrected chi connectivity index (χ2v) is 11.3. The van der Waals surface area contributed by atoms with E-state index in [-0.39, 0.29) is 40.3 Å². The highest BCUT2D eigenvalue weighted by Gasteiger charge is 2.20. The van der Waals surface area contributed by atoms with Crippen LogP contribution in [-0.4, -0.2) is 42.8 Å². The van der Waals surface area contributed by atoms with E-state index in [1.165, 1.54) is 47.5 Å². The smallest absolute Gasteiger partial charge is 0.339 e. The van der Waals surface area contributed by atoms with Gasteiger partial charge in [-0.3, -0.25) is 14.9 Å². The monoisotopic (exact) mass is 572 g/mol. The number of non-ortho nitro benzene ring substituents is 1. The van der Waals surface area contributed by atoms with Gasteiger partial charge in [0, 0.05) is 12.1 Å². The summed E-state index contributed by atoms with van der Waals surface area (Å²) in [6.45, 7) is 1.95. The number of nitrogens with one attached hydrogen (secondary N) is 1. The van der Waals surface area contributed by atoms with Crippen molar-refractivity contribution in [2.24, 2.45) is 5.10 Å². The van der Waals surface area contributed by atoms with Gasteiger partial charge in [0.15, 0.2) is 15.8 Å². The molecule has 1 heterocycles. The van der Waals surface area contributed by atoms with Crippen LogP contribution in [0.25, 0.3) is 10.2 Å². The van der Waals surface area contributed by atoms with Crippen molar-refractivity contribution in [2.45, 2.75) is 16.2 Å². The normalized spacial score (nSPS) is 11.5. The number of hydrazone groups is 1. The van der Waals surface area contributed by atoms with Gasteiger partial charge in [-0.15, -0.1) is 11.3 Å². The molecule has 1 amide bonds. The Morgan fingerprint density at radius 2 is 1.92 bits per heavy atom. The van der Waals surface area contributed by atoms with E-state index in [0.29, 0.717) is 5.56 Å². The molecule has 0 aliphatic heterocycles. The number of nitro benzene ring substituents is 1. The maximum Gasteiger partial charge on any atom is 0.339 e. The highest BCUT2D eigenvalue weighted by atomic mass is 32.2. The molecule has 3 aromatic carbocycles. The van der Waals surface area contributed by atoms with Crippen LogP contribution >= 0.6 is 23.1 Å². The number of benzene rings is 3. The number of hydrogen-bond acceptors (Lipinski definition) is 11. The zero-order valence-electron chi connectivity index (χ0n) is 19.8. The molecule has 4 aromatic rings. The van der Waals surface area contributed by atoms with E-state index >= 15 is 0 Å². The van der Waals surface area contributed by atoms with E-state index in [1.807, 2.05) is 24.3 Å². The molecule has 1 N–H and O–H groups in total. The average molecular weight is 573 g/mol. The summed E-state index contributed by atoms with van der Waals surface area (Å²) >= 11 is 2.82. The molecule has 196 valence electrons. The Kier molecular flexibility index (Phi) is 8.55. The third-order valence-electron chi connectivity index (χ3n) is 4.81. The van der Waals surface area contributed by atoms with Gasteiger partial charge in [0.2, 0.25) is 0 Å². The molecule has 4 rings (SSSR count). The lowest BCUT2D eigenvalue weighted by atomic mass is 10.2. The Bertz CT molecular complexity index is 1570. The van der Waals surface area contributed by atoms with E-state index in [1.54, 1.807) is 6.92 Å². The van der Waals surface area contributed by atoms with E-state index in [2.05, 4.69) is 15.5 Å². The first-order valence-electron chi connectivity index (χ1n) is 11.0. The van der Waals surface area contributed by atoms with Crippen molar-refractivity contribution in [1.29, 1.82) is 0 Å². The third kappa shape index (κ3) is 6.85. The van der Waals surface area contributed by atoms with Crippen molar-refractivity contribution >= 4 is 61.2 Å². The van der Waals surface area contributed by atoms with Crippen LogP contribution in [-0.2, 0) is 14.9 Å². The second kappa shape index (κ2) is 12.0. The number of nitro groups is 1. The molecule has 0 atom stereocenters. The molecule has 0 radical (unpaired) electrons. The van der Waals surface area contributed by atoms with Crippen LogP contribution in [0.1, 0.15) is 12.5 Å². The predicted octanol–water partition coefficient (Wildman–Crippen LogP) is 4.61. The third-order valence-corrected chi connectivity index (χ3v) is 8.24. The molecule has 0 fully saturated rings. The van der Waals surface area contributed by atoms with Crippen molar-refractivity contribution in [3.63, 3.8) is 0 Å². The van der Waals surface area contributed by atoms with Gasteiger partial charge in [0.1, 0.15) is 4.90 Å². The number of aromatic nitrogens is 1. The van der Waals surface area contributed by atoms with E-state index in [9.17, 15) is 23.3 Å². The quantitative estimate of drug-likeness (QED) is 0.0893. The van der Waals surface area contributed by atoms with Crippen LogP contribution in [0.4, 0.5) is 5.69 Å². The number of thiazole rings is 1. The van der Waals surface area contributed by atoms with Gasteiger partial charge in [0.25, 0.3) is 11.6 Å². The lowest BCUT2D eigenvalue weighted by molar-refractivity contribution is -0.384. The van der Waals surface area contributed by atoms with Gasteiger partial charge in [-0.2, -0.15) is 13.5 Å². The highest BCUT2D eigenvalue weighted by Crippen LogP contribution is 2.31. The van der Waals surface area contributed by atoms with Crippen molar-refractivity contribution < 1.29 is 27.1 Å². The fourth-order valence-corrected chi connectivity index (χ4v) is 5.89. The first-order chi connectivity index (χ1) is 18.2. The van der Waals surface area contributed by atoms with Gasteiger partial charge >= 0.3 is 10.1 Å². The lowest BCUT2D eigenvalue weighted by Gasteiger charge is -2.12. The number of fused-ring (bicyclic) bond motifs is 1. The number of carbonyl (C=O) groups excluding carboxylic acids is 1. The second-order valence-electron chi connectivity index (χ2n) is 7.46. The Morgan fingerprint density at radius 1 is 1.16 bits per heavy atom. The predicted molar refractivity (Wildman–Crippen MR) is 145 cm³/mol. The number of para-hydroxylation sites is 1. The first kappa shape index (κ1) is 27.0. The minimum atomic E-state index is -4.28. The SMILES string of the molecule is CCOc1cc(/C=N\NC(=O)CSc2nc3ccccc3s2)ccc1OS(=O)(=O)c1ccc([N+](=O)[O-])cc1. The molecular weight excluding hydrogens is 552 g/mol. The van der Waals surface area contributed by atoms with Gasteiger partial charge < -0.3 is 8.92 Å². The van der Waals surface area contributed by atoms with Crippen LogP contribution in [0.15, 0.2) is 81.1 Å². The van der Waals surface area contributed by atoms with Gasteiger partial charge in [-0.05, 0) is 55.0 Å². The summed E-state index contributed by atoms with van der Waals surface area (Å²) in [5, 5.41) is 14.8. The summed E-state index contributed by atoms with van der Waals surface area (Å²) in [6, 6.07) is 16.5. The molecule has 0 unspecified atom stereocenters. The molecule has 0 aliphatic rings. The maximum absolute atomic E-state index is 12.7. The van der Waals surface area contributed by atoms with Crippen molar-refractivity contribution in [3.8, 4) is 11.5 Å². The summed E-state index contributed by atoms with van der Waals surface area (Å²) in [6.07, 6.45) is 1.39. The number of ether oxygens (including phenoxy) is 1. The number of thioether (sulfide) groups is 1. The number of hydrogen-bond donors (Lipinski definition) is 1. The first-order valence-corrected chi connectivity index (χ1v) is 14.2. The van der Waals surface area contributed by atoms with Crippen LogP contribution in [0.5, 0.6) is 11.5 Å². The van der Waals surface area contributed by atoms with Crippen LogP contribution in [0.2, 0.25) is 0 Å². The van der Waals surface area contributed by atoms with Crippen LogP contribution in [0.3, 0.4) is 0 Å². The molecular formula is C24H20N4O7S3. The Labute approximate surface area is 225 Å². The molecule has 1 aromatic heterocycles. The van der Waals surface area contributed by atoms with Crippen molar-refractivity contribution in [1.82, 2.24) is 10.4 Å². The van der Waals surface area contributed by atoms with Crippen LogP contribution in [0, 0.1) is 10.1 Å². The molecule has 0 aliphatic carbocycles. The minimum Gasteiger partial charge on any atom is -0.490 e. The molecule has 0 saturated carbocycles. The Morgan fingerprint density at radius 3 is 2.63 bits per heavy atom. The van der Waals surface area contributed by atoms with Gasteiger partial charge in [-0.1, -0.05) is 23.9 Å². The maximum atomic E-state index is 12.7. The van der Waals surface area contributed by atoms with Gasteiger partial charge in [0.05, 0.1) is 33.7 Å². The largest absolute Gasteiger partial charge is 0.490 e. The number of amides is 1. The number of rotatable bonds is 11. The molecule has 0 spiro atoms. The number of nitrogens with zero attached hydrogens (tertiary/aromatic N) is 3. The van der Waals surface area contributed by atoms with E-state index in [0.717, 1.165) is 38.8 Å². The number of carbonyl (C=O) groups is 1. The van der Waals surface area contributed by atoms with Gasteiger partial charge in [-0.25, -0.2) is 10.4 Å². The molecule has 14 heteroatoms. The standard InChI is InChI=1S/C24H20N4O7S3/c1-2-34-21-13-16(7-12-20(21)35-38(32,33)18-10-8-17(9-11-18)28(30)31)14-25-27-23(29)15-36-24-26-19-5-3-4-6-22(19)37-24/h3-14H,2,15H2,1H3,(H,27,29)/b25-14-. The average Bonchev–Trinajstić information content (AvgIpc) is 3.32. The van der Waals surface area contributed by atoms with E-state index in [4.69, 9.17) is 8.92 Å². The van der Waals surface area contributed by atoms with Crippen molar-refractivity contribution in [2.75, 3.05) is 12.4 Å². The summed E-state index contributed by atoms with van der Waals surface area (Å²) in [5.74, 6) is -0.114. The molecule has 38 heavy (non-hydrogen) atoms. The van der Waals surface area contributed by atoms with Crippen molar-refractivity contribution in [3.05, 3.63) is 82.4 Å². The molecule has 0 saturated heterocycles. The molecule has 11 nitrogen and oxygen atoms in total. The zero-order valence-corrected chi connectivity index (χ0v) is 22.2. The summed E-state index contributed by atoms with van der Waals surface area (Å²) < 4.78 is 37.9. The topological polar surface area (TPSA) is 150 Å². The highest BCUT2D eigenvalue weighted by molar-refractivity contribution is 8.01. The summed E-state index contributed by atoms with van der Waals surface area (Å²) in [5.41, 5.74) is 3.61. The fourth-order valence-electron chi connectivity index (χ4n) is 3.09. The fraction of sp³-hybridized carbons (Fsp3) is 0.125. The minimum absolute atomic E-state index is 0.0707. The zero-order chi connectivity index (χ0) is 27.1.